The third kappa shape index (κ3) is 4.68. The summed E-state index contributed by atoms with van der Waals surface area (Å²) in [6.45, 7) is 11.2. The predicted molar refractivity (Wildman–Crippen MR) is 135 cm³/mol. The van der Waals surface area contributed by atoms with Crippen molar-refractivity contribution in [1.82, 2.24) is 20.4 Å². The average Bonchev–Trinajstić information content (AvgIpc) is 3.32. The lowest BCUT2D eigenvalue weighted by atomic mass is 9.94. The first-order valence-corrected chi connectivity index (χ1v) is 11.5. The predicted octanol–water partition coefficient (Wildman–Crippen LogP) is 5.55. The van der Waals surface area contributed by atoms with Crippen molar-refractivity contribution in [3.8, 4) is 17.1 Å². The Kier molecular flexibility index (Phi) is 6.89. The van der Waals surface area contributed by atoms with Gasteiger partial charge in [0, 0.05) is 17.8 Å². The van der Waals surface area contributed by atoms with E-state index in [2.05, 4.69) is 48.2 Å². The fourth-order valence-electron chi connectivity index (χ4n) is 3.92. The maximum Gasteiger partial charge on any atom is 0.258 e. The van der Waals surface area contributed by atoms with Gasteiger partial charge in [0.15, 0.2) is 5.11 Å². The molecular weight excluding hydrogens is 432 g/mol. The van der Waals surface area contributed by atoms with Gasteiger partial charge in [-0.2, -0.15) is 4.98 Å². The van der Waals surface area contributed by atoms with Crippen molar-refractivity contribution >= 4 is 22.9 Å². The molecule has 33 heavy (non-hydrogen) atoms. The maximum atomic E-state index is 5.78. The van der Waals surface area contributed by atoms with Crippen LogP contribution in [0.3, 0.4) is 0 Å². The molecule has 170 valence electrons. The maximum absolute atomic E-state index is 5.78. The summed E-state index contributed by atoms with van der Waals surface area (Å²) < 4.78 is 11.3. The van der Waals surface area contributed by atoms with Gasteiger partial charge >= 0.3 is 0 Å². The fourth-order valence-corrected chi connectivity index (χ4v) is 4.25. The Hall–Kier alpha value is -3.45. The van der Waals surface area contributed by atoms with E-state index in [-0.39, 0.29) is 6.04 Å². The molecule has 2 aromatic carbocycles. The van der Waals surface area contributed by atoms with E-state index in [0.29, 0.717) is 30.0 Å². The highest BCUT2D eigenvalue weighted by molar-refractivity contribution is 7.80. The van der Waals surface area contributed by atoms with Crippen molar-refractivity contribution in [3.05, 3.63) is 83.9 Å². The summed E-state index contributed by atoms with van der Waals surface area (Å²) in [4.78, 5) is 6.74. The normalized spacial score (nSPS) is 16.0. The molecule has 3 aromatic rings. The second-order valence-corrected chi connectivity index (χ2v) is 8.14. The smallest absolute Gasteiger partial charge is 0.258 e. The number of aryl methyl sites for hydroxylation is 1. The van der Waals surface area contributed by atoms with Crippen molar-refractivity contribution in [3.63, 3.8) is 0 Å². The Morgan fingerprint density at radius 2 is 1.88 bits per heavy atom. The molecule has 1 aliphatic heterocycles. The summed E-state index contributed by atoms with van der Waals surface area (Å²) >= 11 is 5.67. The second-order valence-electron chi connectivity index (χ2n) is 7.76. The Balaban J connectivity index is 1.75. The number of allylic oxidation sites excluding steroid dienone is 1. The van der Waals surface area contributed by atoms with Gasteiger partial charge in [-0.3, -0.25) is 0 Å². The average molecular weight is 461 g/mol. The van der Waals surface area contributed by atoms with Gasteiger partial charge in [0.1, 0.15) is 5.75 Å². The Bertz CT molecular complexity index is 1170. The van der Waals surface area contributed by atoms with E-state index >= 15 is 0 Å². The molecule has 0 fully saturated rings. The second kappa shape index (κ2) is 10.0. The molecule has 1 unspecified atom stereocenters. The van der Waals surface area contributed by atoms with Crippen LogP contribution in [0.25, 0.3) is 17.0 Å². The van der Waals surface area contributed by atoms with E-state index in [1.165, 1.54) is 5.56 Å². The van der Waals surface area contributed by atoms with Crippen molar-refractivity contribution in [1.29, 1.82) is 0 Å². The Morgan fingerprint density at radius 1 is 1.15 bits per heavy atom. The molecule has 0 spiro atoms. The number of thiocarbonyl (C=S) groups is 1. The zero-order valence-corrected chi connectivity index (χ0v) is 20.0. The van der Waals surface area contributed by atoms with Crippen LogP contribution in [-0.4, -0.2) is 33.3 Å². The monoisotopic (exact) mass is 460 g/mol. The third-order valence-electron chi connectivity index (χ3n) is 5.71. The number of rotatable bonds is 8. The number of hydrogen-bond acceptors (Lipinski definition) is 5. The van der Waals surface area contributed by atoms with Gasteiger partial charge in [-0.05, 0) is 67.9 Å². The molecule has 1 aliphatic rings. The molecule has 7 heteroatoms. The van der Waals surface area contributed by atoms with Crippen LogP contribution in [0.2, 0.25) is 0 Å². The summed E-state index contributed by atoms with van der Waals surface area (Å²) in [5, 5.41) is 8.36. The number of nitrogens with one attached hydrogen (secondary N) is 1. The lowest BCUT2D eigenvalue weighted by Gasteiger charge is -2.36. The van der Waals surface area contributed by atoms with Crippen LogP contribution in [0.4, 0.5) is 0 Å². The van der Waals surface area contributed by atoms with Gasteiger partial charge in [-0.15, -0.1) is 6.58 Å². The van der Waals surface area contributed by atoms with Crippen LogP contribution in [0, 0.1) is 0 Å². The summed E-state index contributed by atoms with van der Waals surface area (Å²) in [5.41, 5.74) is 5.09. The number of hydrogen-bond donors (Lipinski definition) is 1. The third-order valence-corrected chi connectivity index (χ3v) is 6.05. The van der Waals surface area contributed by atoms with Crippen LogP contribution in [-0.2, 0) is 6.42 Å². The summed E-state index contributed by atoms with van der Waals surface area (Å²) in [5.74, 6) is 1.80. The topological polar surface area (TPSA) is 63.4 Å². The lowest BCUT2D eigenvalue weighted by molar-refractivity contribution is 0.340. The van der Waals surface area contributed by atoms with Gasteiger partial charge in [0.05, 0.1) is 18.2 Å². The van der Waals surface area contributed by atoms with E-state index in [1.807, 2.05) is 49.1 Å². The van der Waals surface area contributed by atoms with Crippen LogP contribution in [0.5, 0.6) is 5.75 Å². The number of aromatic nitrogens is 2. The van der Waals surface area contributed by atoms with Gasteiger partial charge < -0.3 is 19.5 Å². The molecule has 1 atom stereocenters. The molecule has 0 radical (unpaired) electrons. The van der Waals surface area contributed by atoms with E-state index in [9.17, 15) is 0 Å². The van der Waals surface area contributed by atoms with Crippen LogP contribution in [0.1, 0.15) is 43.8 Å². The van der Waals surface area contributed by atoms with Gasteiger partial charge in [-0.25, -0.2) is 0 Å². The molecule has 1 aromatic heterocycles. The number of ether oxygens (including phenoxy) is 1. The van der Waals surface area contributed by atoms with Crippen molar-refractivity contribution < 1.29 is 9.26 Å². The van der Waals surface area contributed by atoms with Gasteiger partial charge in [-0.1, -0.05) is 42.4 Å². The standard InChI is InChI=1S/C26H28N4O2S/c1-5-16-30-17(4)22(23(27-26(30)33)19-10-8-18(6-2)9-11-19)25-28-24(29-32-25)20-12-14-21(15-13-20)31-7-3/h5,8-15,23H,1,6-7,16H2,2-4H3,(H,27,33). The molecular formula is C26H28N4O2S. The summed E-state index contributed by atoms with van der Waals surface area (Å²) in [7, 11) is 0. The first kappa shape index (κ1) is 22.7. The number of benzene rings is 2. The minimum absolute atomic E-state index is 0.196. The van der Waals surface area contributed by atoms with Crippen molar-refractivity contribution in [2.45, 2.75) is 33.2 Å². The molecule has 0 saturated heterocycles. The highest BCUT2D eigenvalue weighted by Gasteiger charge is 2.33. The molecule has 4 rings (SSSR count). The van der Waals surface area contributed by atoms with E-state index < -0.39 is 0 Å². The quantitative estimate of drug-likeness (QED) is 0.349. The zero-order valence-electron chi connectivity index (χ0n) is 19.2. The Morgan fingerprint density at radius 3 is 2.52 bits per heavy atom. The molecule has 2 heterocycles. The molecule has 0 saturated carbocycles. The summed E-state index contributed by atoms with van der Waals surface area (Å²) in [6.07, 6.45) is 2.81. The van der Waals surface area contributed by atoms with Crippen molar-refractivity contribution in [2.75, 3.05) is 13.2 Å². The Labute approximate surface area is 200 Å². The van der Waals surface area contributed by atoms with Gasteiger partial charge in [0.25, 0.3) is 5.89 Å². The SMILES string of the molecule is C=CCN1C(=S)NC(c2ccc(CC)cc2)C(c2nc(-c3ccc(OCC)cc3)no2)=C1C. The lowest BCUT2D eigenvalue weighted by Crippen LogP contribution is -2.45. The number of nitrogens with zero attached hydrogens (tertiary/aromatic N) is 3. The van der Waals surface area contributed by atoms with Crippen LogP contribution >= 0.6 is 12.2 Å². The molecule has 0 amide bonds. The molecule has 1 N–H and O–H groups in total. The summed E-state index contributed by atoms with van der Waals surface area (Å²) in [6, 6.07) is 16.0. The first-order valence-electron chi connectivity index (χ1n) is 11.1. The molecule has 6 nitrogen and oxygen atoms in total. The highest BCUT2D eigenvalue weighted by Crippen LogP contribution is 2.37. The minimum atomic E-state index is -0.196. The van der Waals surface area contributed by atoms with Crippen molar-refractivity contribution in [2.24, 2.45) is 0 Å². The van der Waals surface area contributed by atoms with Crippen LogP contribution in [0.15, 0.2) is 71.4 Å². The van der Waals surface area contributed by atoms with Gasteiger partial charge in [0.2, 0.25) is 5.82 Å². The van der Waals surface area contributed by atoms with E-state index in [0.717, 1.165) is 34.6 Å². The zero-order chi connectivity index (χ0) is 23.4. The minimum Gasteiger partial charge on any atom is -0.494 e. The molecule has 0 bridgehead atoms. The highest BCUT2D eigenvalue weighted by atomic mass is 32.1. The largest absolute Gasteiger partial charge is 0.494 e. The van der Waals surface area contributed by atoms with Crippen LogP contribution < -0.4 is 10.1 Å². The molecule has 0 aliphatic carbocycles. The fraction of sp³-hybridized carbons (Fsp3) is 0.269. The van der Waals surface area contributed by atoms with E-state index in [1.54, 1.807) is 0 Å². The first-order chi connectivity index (χ1) is 16.0. The van der Waals surface area contributed by atoms with E-state index in [4.69, 9.17) is 26.5 Å².